The summed E-state index contributed by atoms with van der Waals surface area (Å²) in [6, 6.07) is 2.05. The van der Waals surface area contributed by atoms with Crippen LogP contribution in [0.25, 0.3) is 0 Å². The number of methoxy groups -OCH3 is 1. The number of aryl methyl sites for hydroxylation is 2. The van der Waals surface area contributed by atoms with Gasteiger partial charge in [-0.15, -0.1) is 0 Å². The molecule has 6 heteroatoms. The van der Waals surface area contributed by atoms with Crippen LogP contribution in [0.4, 0.5) is 0 Å². The van der Waals surface area contributed by atoms with E-state index in [1.54, 1.807) is 6.08 Å². The number of allylic oxidation sites excluding steroid dienone is 2. The van der Waals surface area contributed by atoms with Crippen molar-refractivity contribution in [1.82, 2.24) is 4.57 Å². The fraction of sp³-hybridized carbons (Fsp3) is 0.400. The van der Waals surface area contributed by atoms with Crippen molar-refractivity contribution in [1.29, 1.82) is 0 Å². The number of nitrogens with zero attached hydrogens (tertiary/aromatic N) is 1. The van der Waals surface area contributed by atoms with Gasteiger partial charge in [0.15, 0.2) is 0 Å². The van der Waals surface area contributed by atoms with Gasteiger partial charge in [0.05, 0.1) is 12.7 Å². The van der Waals surface area contributed by atoms with Crippen LogP contribution in [0.15, 0.2) is 35.0 Å². The molecule has 1 aromatic rings. The molecule has 0 radical (unpaired) electrons. The Kier molecular flexibility index (Phi) is 4.76. The van der Waals surface area contributed by atoms with E-state index in [2.05, 4.69) is 0 Å². The Hall–Kier alpha value is -0.900. The number of halogens is 3. The van der Waals surface area contributed by atoms with Gasteiger partial charge in [-0.2, -0.15) is 0 Å². The van der Waals surface area contributed by atoms with Gasteiger partial charge in [0, 0.05) is 29.9 Å². The largest absolute Gasteiger partial charge is 0.465 e. The average molecular weight is 349 g/mol. The second-order valence-corrected chi connectivity index (χ2v) is 6.99. The van der Waals surface area contributed by atoms with E-state index >= 15 is 0 Å². The summed E-state index contributed by atoms with van der Waals surface area (Å²) in [4.78, 5) is 11.8. The summed E-state index contributed by atoms with van der Waals surface area (Å²) in [6.07, 6.45) is 5.63. The van der Waals surface area contributed by atoms with E-state index in [1.807, 2.05) is 30.8 Å². The maximum atomic E-state index is 11.8. The summed E-state index contributed by atoms with van der Waals surface area (Å²) in [5, 5.41) is 0.327. The van der Waals surface area contributed by atoms with Crippen molar-refractivity contribution < 1.29 is 9.53 Å². The molecule has 0 N–H and O–H groups in total. The highest BCUT2D eigenvalue weighted by Gasteiger charge is 2.40. The van der Waals surface area contributed by atoms with Crippen molar-refractivity contribution in [3.05, 3.63) is 46.3 Å². The molecule has 3 nitrogen and oxygen atoms in total. The van der Waals surface area contributed by atoms with Crippen molar-refractivity contribution in [3.8, 4) is 0 Å². The van der Waals surface area contributed by atoms with Gasteiger partial charge in [-0.25, -0.2) is 4.79 Å². The molecule has 0 fully saturated rings. The third-order valence-electron chi connectivity index (χ3n) is 3.56. The first kappa shape index (κ1) is 16.5. The van der Waals surface area contributed by atoms with Crippen LogP contribution in [0.3, 0.4) is 0 Å². The van der Waals surface area contributed by atoms with Gasteiger partial charge in [0.1, 0.15) is 4.33 Å². The van der Waals surface area contributed by atoms with Crippen LogP contribution >= 0.6 is 34.8 Å². The Labute approximate surface area is 139 Å². The molecule has 0 saturated heterocycles. The number of rotatable bonds is 3. The van der Waals surface area contributed by atoms with Gasteiger partial charge < -0.3 is 9.30 Å². The monoisotopic (exact) mass is 347 g/mol. The van der Waals surface area contributed by atoms with E-state index in [-0.39, 0.29) is 0 Å². The molecule has 1 atom stereocenters. The lowest BCUT2D eigenvalue weighted by atomic mass is 9.90. The van der Waals surface area contributed by atoms with Crippen LogP contribution in [0.5, 0.6) is 0 Å². The Morgan fingerprint density at radius 3 is 2.67 bits per heavy atom. The lowest BCUT2D eigenvalue weighted by Crippen LogP contribution is -2.31. The van der Waals surface area contributed by atoms with Gasteiger partial charge in [-0.05, 0) is 37.1 Å². The normalized spacial score (nSPS) is 20.8. The molecule has 0 aliphatic heterocycles. The van der Waals surface area contributed by atoms with Gasteiger partial charge in [0.25, 0.3) is 0 Å². The Morgan fingerprint density at radius 1 is 1.48 bits per heavy atom. The molecular weight excluding hydrogens is 333 g/mol. The highest BCUT2D eigenvalue weighted by atomic mass is 35.5. The Morgan fingerprint density at radius 2 is 2.14 bits per heavy atom. The molecule has 1 heterocycles. The summed E-state index contributed by atoms with van der Waals surface area (Å²) in [5.41, 5.74) is 2.48. The number of carbonyl (C=O) groups is 1. The molecule has 114 valence electrons. The van der Waals surface area contributed by atoms with Crippen molar-refractivity contribution in [2.45, 2.75) is 17.7 Å². The third kappa shape index (κ3) is 3.31. The number of alkyl halides is 2. The minimum atomic E-state index is -1.16. The van der Waals surface area contributed by atoms with Crippen LogP contribution in [-0.4, -0.2) is 22.0 Å². The van der Waals surface area contributed by atoms with E-state index in [1.165, 1.54) is 13.2 Å². The van der Waals surface area contributed by atoms with Crippen LogP contribution in [-0.2, 0) is 23.0 Å². The molecule has 0 saturated carbocycles. The number of aromatic nitrogens is 1. The average Bonchev–Trinajstić information content (AvgIpc) is 2.72. The molecule has 0 amide bonds. The Balaban J connectivity index is 2.38. The lowest BCUT2D eigenvalue weighted by molar-refractivity contribution is -0.135. The topological polar surface area (TPSA) is 31.2 Å². The molecule has 0 bridgehead atoms. The molecule has 1 aromatic heterocycles. The predicted octanol–water partition coefficient (Wildman–Crippen LogP) is 3.90. The Bertz CT molecular complexity index is 629. The minimum Gasteiger partial charge on any atom is -0.465 e. The fourth-order valence-electron chi connectivity index (χ4n) is 2.45. The molecule has 21 heavy (non-hydrogen) atoms. The quantitative estimate of drug-likeness (QED) is 0.613. The van der Waals surface area contributed by atoms with Crippen LogP contribution in [0.1, 0.15) is 11.3 Å². The number of hydrogen-bond acceptors (Lipinski definition) is 2. The number of esters is 1. The van der Waals surface area contributed by atoms with Gasteiger partial charge in [-0.3, -0.25) is 0 Å². The van der Waals surface area contributed by atoms with Crippen molar-refractivity contribution >= 4 is 40.8 Å². The van der Waals surface area contributed by atoms with E-state index in [0.29, 0.717) is 17.0 Å². The molecule has 0 aromatic carbocycles. The molecule has 1 aliphatic rings. The van der Waals surface area contributed by atoms with Crippen molar-refractivity contribution in [2.24, 2.45) is 13.0 Å². The van der Waals surface area contributed by atoms with E-state index in [9.17, 15) is 4.79 Å². The third-order valence-corrected chi connectivity index (χ3v) is 4.81. The molecule has 1 aliphatic carbocycles. The van der Waals surface area contributed by atoms with Crippen LogP contribution in [0.2, 0.25) is 0 Å². The molecule has 0 spiro atoms. The first-order valence-corrected chi connectivity index (χ1v) is 7.56. The highest BCUT2D eigenvalue weighted by Crippen LogP contribution is 2.45. The first-order chi connectivity index (χ1) is 9.76. The number of carbonyl (C=O) groups excluding carboxylic acids is 1. The predicted molar refractivity (Wildman–Crippen MR) is 85.8 cm³/mol. The second kappa shape index (κ2) is 6.07. The summed E-state index contributed by atoms with van der Waals surface area (Å²) in [7, 11) is 3.26. The van der Waals surface area contributed by atoms with Gasteiger partial charge in [-0.1, -0.05) is 34.8 Å². The summed E-state index contributed by atoms with van der Waals surface area (Å²) >= 11 is 19.1. The zero-order chi connectivity index (χ0) is 15.8. The lowest BCUT2D eigenvalue weighted by Gasteiger charge is -2.31. The number of hydrogen-bond donors (Lipinski definition) is 0. The van der Waals surface area contributed by atoms with Crippen LogP contribution in [0, 0.1) is 12.8 Å². The summed E-state index contributed by atoms with van der Waals surface area (Å²) in [6.45, 7) is 2.01. The van der Waals surface area contributed by atoms with E-state index in [4.69, 9.17) is 39.5 Å². The zero-order valence-electron chi connectivity index (χ0n) is 12.0. The summed E-state index contributed by atoms with van der Waals surface area (Å²) < 4.78 is 5.57. The highest BCUT2D eigenvalue weighted by molar-refractivity contribution is 6.51. The van der Waals surface area contributed by atoms with Gasteiger partial charge in [0.2, 0.25) is 0 Å². The first-order valence-electron chi connectivity index (χ1n) is 6.43. The molecular formula is C15H16Cl3NO2. The second-order valence-electron chi connectivity index (χ2n) is 5.14. The SMILES string of the molecule is COC(=O)C1=C(Cl)C(Cc2cc(C)cn2C)C(Cl)(Cl)C=C1. The summed E-state index contributed by atoms with van der Waals surface area (Å²) in [5.74, 6) is -0.900. The minimum absolute atomic E-state index is 0.298. The number of ether oxygens (including phenoxy) is 1. The maximum absolute atomic E-state index is 11.8. The van der Waals surface area contributed by atoms with E-state index < -0.39 is 16.2 Å². The standard InChI is InChI=1S/C15H16Cl3NO2/c1-9-6-10(19(2)8-9)7-12-13(16)11(14(20)21-3)4-5-15(12,17)18/h4-6,8,12H,7H2,1-3H3. The van der Waals surface area contributed by atoms with Gasteiger partial charge >= 0.3 is 5.97 Å². The smallest absolute Gasteiger partial charge is 0.339 e. The van der Waals surface area contributed by atoms with Crippen molar-refractivity contribution in [2.75, 3.05) is 7.11 Å². The van der Waals surface area contributed by atoms with E-state index in [0.717, 1.165) is 11.3 Å². The van der Waals surface area contributed by atoms with Crippen LogP contribution < -0.4 is 0 Å². The maximum Gasteiger partial charge on any atom is 0.339 e. The zero-order valence-corrected chi connectivity index (χ0v) is 14.3. The molecule has 2 rings (SSSR count). The molecule has 1 unspecified atom stereocenters. The fourth-order valence-corrected chi connectivity index (χ4v) is 3.45. The van der Waals surface area contributed by atoms with Crippen molar-refractivity contribution in [3.63, 3.8) is 0 Å².